The molecule has 3 heteroatoms. The molecule has 1 N–H and O–H groups in total. The zero-order valence-electron chi connectivity index (χ0n) is 9.74. The van der Waals surface area contributed by atoms with Crippen LogP contribution in [0, 0.1) is 11.7 Å². The van der Waals surface area contributed by atoms with Crippen LogP contribution in [0.3, 0.4) is 0 Å². The number of nitrogens with one attached hydrogen (secondary N) is 1. The Morgan fingerprint density at radius 2 is 2.31 bits per heavy atom. The zero-order chi connectivity index (χ0) is 11.5. The van der Waals surface area contributed by atoms with E-state index in [1.165, 1.54) is 6.07 Å². The van der Waals surface area contributed by atoms with E-state index in [-0.39, 0.29) is 11.9 Å². The maximum Gasteiger partial charge on any atom is 0.123 e. The first-order valence-electron chi connectivity index (χ1n) is 5.75. The van der Waals surface area contributed by atoms with Gasteiger partial charge in [-0.2, -0.15) is 0 Å². The third-order valence-electron chi connectivity index (χ3n) is 3.22. The Labute approximate surface area is 95.8 Å². The van der Waals surface area contributed by atoms with Crippen molar-refractivity contribution in [1.29, 1.82) is 0 Å². The molecule has 0 aliphatic carbocycles. The second kappa shape index (κ2) is 4.93. The number of hydrogen-bond acceptors (Lipinski definition) is 2. The molecule has 1 aliphatic rings. The summed E-state index contributed by atoms with van der Waals surface area (Å²) in [6, 6.07) is 6.98. The largest absolute Gasteiger partial charge is 0.378 e. The molecule has 3 atom stereocenters. The zero-order valence-corrected chi connectivity index (χ0v) is 9.74. The Hall–Kier alpha value is -0.930. The van der Waals surface area contributed by atoms with Gasteiger partial charge in [0.1, 0.15) is 5.82 Å². The minimum atomic E-state index is -0.176. The summed E-state index contributed by atoms with van der Waals surface area (Å²) in [5.41, 5.74) is 1.00. The number of rotatable bonds is 3. The van der Waals surface area contributed by atoms with Crippen molar-refractivity contribution in [1.82, 2.24) is 5.32 Å². The summed E-state index contributed by atoms with van der Waals surface area (Å²) >= 11 is 0. The van der Waals surface area contributed by atoms with Crippen molar-refractivity contribution < 1.29 is 9.13 Å². The van der Waals surface area contributed by atoms with Gasteiger partial charge in [-0.05, 0) is 38.1 Å². The van der Waals surface area contributed by atoms with Crippen LogP contribution in [0.1, 0.15) is 24.9 Å². The molecule has 0 amide bonds. The van der Waals surface area contributed by atoms with Crippen molar-refractivity contribution in [2.45, 2.75) is 25.5 Å². The van der Waals surface area contributed by atoms with Crippen LogP contribution >= 0.6 is 0 Å². The fraction of sp³-hybridized carbons (Fsp3) is 0.538. The van der Waals surface area contributed by atoms with E-state index in [4.69, 9.17) is 4.74 Å². The van der Waals surface area contributed by atoms with Gasteiger partial charge in [-0.1, -0.05) is 12.1 Å². The lowest BCUT2D eigenvalue weighted by molar-refractivity contribution is 0.117. The smallest absolute Gasteiger partial charge is 0.123 e. The monoisotopic (exact) mass is 223 g/mol. The molecule has 2 nitrogen and oxygen atoms in total. The lowest BCUT2D eigenvalue weighted by Crippen LogP contribution is -2.25. The van der Waals surface area contributed by atoms with E-state index >= 15 is 0 Å². The van der Waals surface area contributed by atoms with Gasteiger partial charge in [0, 0.05) is 12.0 Å². The molecule has 1 aliphatic heterocycles. The van der Waals surface area contributed by atoms with Crippen LogP contribution in [0.2, 0.25) is 0 Å². The standard InChI is InChI=1S/C13H18FNO/c1-9-6-11(8-16-9)13(15-2)10-4-3-5-12(14)7-10/h3-5,7,9,11,13,15H,6,8H2,1-2H3. The molecule has 3 unspecified atom stereocenters. The maximum atomic E-state index is 13.2. The van der Waals surface area contributed by atoms with E-state index in [9.17, 15) is 4.39 Å². The normalized spacial score (nSPS) is 26.9. The number of benzene rings is 1. The summed E-state index contributed by atoms with van der Waals surface area (Å²) in [6.07, 6.45) is 1.34. The Morgan fingerprint density at radius 1 is 1.50 bits per heavy atom. The Balaban J connectivity index is 2.16. The van der Waals surface area contributed by atoms with Gasteiger partial charge in [0.2, 0.25) is 0 Å². The van der Waals surface area contributed by atoms with E-state index in [1.807, 2.05) is 13.1 Å². The quantitative estimate of drug-likeness (QED) is 0.850. The van der Waals surface area contributed by atoms with Gasteiger partial charge in [-0.15, -0.1) is 0 Å². The molecule has 0 saturated carbocycles. The third kappa shape index (κ3) is 2.42. The van der Waals surface area contributed by atoms with E-state index in [1.54, 1.807) is 12.1 Å². The van der Waals surface area contributed by atoms with Crippen LogP contribution in [0.5, 0.6) is 0 Å². The molecule has 1 aromatic carbocycles. The summed E-state index contributed by atoms with van der Waals surface area (Å²) in [5, 5.41) is 3.26. The predicted molar refractivity (Wildman–Crippen MR) is 61.7 cm³/mol. The maximum absolute atomic E-state index is 13.2. The molecule has 1 aromatic rings. The highest BCUT2D eigenvalue weighted by Crippen LogP contribution is 2.31. The van der Waals surface area contributed by atoms with Crippen LogP contribution in [0.4, 0.5) is 4.39 Å². The minimum absolute atomic E-state index is 0.176. The average molecular weight is 223 g/mol. The van der Waals surface area contributed by atoms with Crippen LogP contribution in [-0.2, 0) is 4.74 Å². The summed E-state index contributed by atoms with van der Waals surface area (Å²) < 4.78 is 18.7. The Kier molecular flexibility index (Phi) is 3.56. The molecule has 0 radical (unpaired) electrons. The molecular weight excluding hydrogens is 205 g/mol. The molecule has 1 saturated heterocycles. The summed E-state index contributed by atoms with van der Waals surface area (Å²) in [7, 11) is 1.92. The second-order valence-electron chi connectivity index (χ2n) is 4.46. The Bertz CT molecular complexity index is 356. The van der Waals surface area contributed by atoms with E-state index < -0.39 is 0 Å². The van der Waals surface area contributed by atoms with E-state index in [0.29, 0.717) is 12.0 Å². The van der Waals surface area contributed by atoms with Crippen molar-refractivity contribution in [3.05, 3.63) is 35.6 Å². The lowest BCUT2D eigenvalue weighted by Gasteiger charge is -2.22. The lowest BCUT2D eigenvalue weighted by atomic mass is 9.91. The number of hydrogen-bond donors (Lipinski definition) is 1. The van der Waals surface area contributed by atoms with Crippen LogP contribution in [-0.4, -0.2) is 19.8 Å². The molecule has 88 valence electrons. The van der Waals surface area contributed by atoms with Crippen molar-refractivity contribution in [3.63, 3.8) is 0 Å². The molecule has 1 fully saturated rings. The van der Waals surface area contributed by atoms with Gasteiger partial charge in [-0.3, -0.25) is 0 Å². The molecule has 0 spiro atoms. The third-order valence-corrected chi connectivity index (χ3v) is 3.22. The fourth-order valence-electron chi connectivity index (χ4n) is 2.46. The van der Waals surface area contributed by atoms with E-state index in [0.717, 1.165) is 18.6 Å². The SMILES string of the molecule is CNC(c1cccc(F)c1)C1COC(C)C1. The van der Waals surface area contributed by atoms with Gasteiger partial charge >= 0.3 is 0 Å². The van der Waals surface area contributed by atoms with Crippen LogP contribution in [0.15, 0.2) is 24.3 Å². The van der Waals surface area contributed by atoms with Crippen molar-refractivity contribution in [2.75, 3.05) is 13.7 Å². The van der Waals surface area contributed by atoms with Crippen molar-refractivity contribution in [2.24, 2.45) is 5.92 Å². The first kappa shape index (κ1) is 11.6. The minimum Gasteiger partial charge on any atom is -0.378 e. The van der Waals surface area contributed by atoms with Crippen molar-refractivity contribution in [3.8, 4) is 0 Å². The van der Waals surface area contributed by atoms with Gasteiger partial charge in [-0.25, -0.2) is 4.39 Å². The molecule has 0 bridgehead atoms. The first-order chi connectivity index (χ1) is 7.70. The van der Waals surface area contributed by atoms with Gasteiger partial charge in [0.25, 0.3) is 0 Å². The summed E-state index contributed by atoms with van der Waals surface area (Å²) in [4.78, 5) is 0. The molecule has 16 heavy (non-hydrogen) atoms. The second-order valence-corrected chi connectivity index (χ2v) is 4.46. The highest BCUT2D eigenvalue weighted by atomic mass is 19.1. The highest BCUT2D eigenvalue weighted by molar-refractivity contribution is 5.21. The molecule has 0 aromatic heterocycles. The van der Waals surface area contributed by atoms with Gasteiger partial charge < -0.3 is 10.1 Å². The molecule has 2 rings (SSSR count). The van der Waals surface area contributed by atoms with Crippen LogP contribution < -0.4 is 5.32 Å². The van der Waals surface area contributed by atoms with E-state index in [2.05, 4.69) is 12.2 Å². The topological polar surface area (TPSA) is 21.3 Å². The number of ether oxygens (including phenoxy) is 1. The Morgan fingerprint density at radius 3 is 2.88 bits per heavy atom. The summed E-state index contributed by atoms with van der Waals surface area (Å²) in [6.45, 7) is 2.83. The average Bonchev–Trinajstić information content (AvgIpc) is 2.66. The van der Waals surface area contributed by atoms with Gasteiger partial charge in [0.05, 0.1) is 12.7 Å². The molecule has 1 heterocycles. The fourth-order valence-corrected chi connectivity index (χ4v) is 2.46. The van der Waals surface area contributed by atoms with Gasteiger partial charge in [0.15, 0.2) is 0 Å². The number of halogens is 1. The van der Waals surface area contributed by atoms with Crippen LogP contribution in [0.25, 0.3) is 0 Å². The van der Waals surface area contributed by atoms with Crippen molar-refractivity contribution >= 4 is 0 Å². The highest BCUT2D eigenvalue weighted by Gasteiger charge is 2.29. The first-order valence-corrected chi connectivity index (χ1v) is 5.75. The summed E-state index contributed by atoms with van der Waals surface area (Å²) in [5.74, 6) is 0.256. The predicted octanol–water partition coefficient (Wildman–Crippen LogP) is 2.51. The molecular formula is C13H18FNO.